The second-order valence-corrected chi connectivity index (χ2v) is 8.23. The zero-order valence-electron chi connectivity index (χ0n) is 17.0. The zero-order valence-corrected chi connectivity index (χ0v) is 17.0. The smallest absolute Gasteiger partial charge is 0.241 e. The average molecular weight is 402 g/mol. The Labute approximate surface area is 176 Å². The lowest BCUT2D eigenvalue weighted by Gasteiger charge is -2.31. The van der Waals surface area contributed by atoms with Crippen molar-refractivity contribution in [3.05, 3.63) is 71.6 Å². The Kier molecular flexibility index (Phi) is 5.32. The molecule has 6 nitrogen and oxygen atoms in total. The van der Waals surface area contributed by atoms with Crippen LogP contribution in [-0.4, -0.2) is 34.0 Å². The molecule has 0 spiro atoms. The predicted molar refractivity (Wildman–Crippen MR) is 113 cm³/mol. The summed E-state index contributed by atoms with van der Waals surface area (Å²) in [5.74, 6) is 1.52. The van der Waals surface area contributed by atoms with Crippen LogP contribution < -0.4 is 5.32 Å². The summed E-state index contributed by atoms with van der Waals surface area (Å²) in [6.07, 6.45) is 3.78. The molecule has 2 aromatic carbocycles. The molecule has 0 radical (unpaired) electrons. The molecule has 30 heavy (non-hydrogen) atoms. The molecule has 0 bridgehead atoms. The largest absolute Gasteiger partial charge is 0.349 e. The molecule has 1 saturated heterocycles. The number of hydrogen-bond acceptors (Lipinski definition) is 5. The highest BCUT2D eigenvalue weighted by Crippen LogP contribution is 2.31. The van der Waals surface area contributed by atoms with E-state index >= 15 is 0 Å². The van der Waals surface area contributed by atoms with E-state index in [0.717, 1.165) is 44.3 Å². The Hall–Kier alpha value is -2.99. The van der Waals surface area contributed by atoms with Crippen molar-refractivity contribution >= 4 is 5.91 Å². The van der Waals surface area contributed by atoms with E-state index in [1.54, 1.807) is 0 Å². The van der Waals surface area contributed by atoms with E-state index in [2.05, 4.69) is 44.6 Å². The molecule has 1 unspecified atom stereocenters. The standard InChI is InChI=1S/C24H26N4O2/c29-24(25-21-11-10-17-6-4-5-9-20(17)21)19-12-14-28(15-13-19)16-22-26-23(27-30-22)18-7-2-1-3-8-18/h1-9,19,21H,10-16H2,(H,25,29). The van der Waals surface area contributed by atoms with Gasteiger partial charge in [-0.1, -0.05) is 59.8 Å². The summed E-state index contributed by atoms with van der Waals surface area (Å²) in [6, 6.07) is 18.5. The van der Waals surface area contributed by atoms with Crippen LogP contribution in [0.2, 0.25) is 0 Å². The van der Waals surface area contributed by atoms with Gasteiger partial charge in [0.2, 0.25) is 17.6 Å². The van der Waals surface area contributed by atoms with Gasteiger partial charge in [0.25, 0.3) is 0 Å². The molecular weight excluding hydrogens is 376 g/mol. The Balaban J connectivity index is 1.13. The fraction of sp³-hybridized carbons (Fsp3) is 0.375. The minimum Gasteiger partial charge on any atom is -0.349 e. The Morgan fingerprint density at radius 3 is 2.63 bits per heavy atom. The summed E-state index contributed by atoms with van der Waals surface area (Å²) in [4.78, 5) is 19.6. The van der Waals surface area contributed by atoms with Crippen LogP contribution in [0.25, 0.3) is 11.4 Å². The third-order valence-electron chi connectivity index (χ3n) is 6.27. The number of aryl methyl sites for hydroxylation is 1. The van der Waals surface area contributed by atoms with Crippen LogP contribution >= 0.6 is 0 Å². The van der Waals surface area contributed by atoms with Crippen molar-refractivity contribution in [1.29, 1.82) is 0 Å². The van der Waals surface area contributed by atoms with E-state index in [1.807, 2.05) is 30.3 Å². The summed E-state index contributed by atoms with van der Waals surface area (Å²) >= 11 is 0. The quantitative estimate of drug-likeness (QED) is 0.704. The molecule has 1 amide bonds. The van der Waals surface area contributed by atoms with E-state index in [4.69, 9.17) is 4.52 Å². The third-order valence-corrected chi connectivity index (χ3v) is 6.27. The molecule has 0 saturated carbocycles. The topological polar surface area (TPSA) is 71.3 Å². The Morgan fingerprint density at radius 1 is 1.03 bits per heavy atom. The molecule has 1 N–H and O–H groups in total. The van der Waals surface area contributed by atoms with Crippen LogP contribution in [0.5, 0.6) is 0 Å². The van der Waals surface area contributed by atoms with Gasteiger partial charge in [-0.2, -0.15) is 4.98 Å². The molecule has 1 aliphatic carbocycles. The number of aromatic nitrogens is 2. The summed E-state index contributed by atoms with van der Waals surface area (Å²) in [5, 5.41) is 7.39. The van der Waals surface area contributed by atoms with E-state index in [-0.39, 0.29) is 17.9 Å². The second kappa shape index (κ2) is 8.40. The molecule has 1 atom stereocenters. The second-order valence-electron chi connectivity index (χ2n) is 8.23. The van der Waals surface area contributed by atoms with Crippen molar-refractivity contribution in [2.24, 2.45) is 5.92 Å². The molecule has 6 heteroatoms. The van der Waals surface area contributed by atoms with Crippen molar-refractivity contribution in [2.45, 2.75) is 38.3 Å². The lowest BCUT2D eigenvalue weighted by atomic mass is 9.95. The van der Waals surface area contributed by atoms with Gasteiger partial charge in [0.1, 0.15) is 0 Å². The molecule has 2 heterocycles. The first-order valence-corrected chi connectivity index (χ1v) is 10.7. The predicted octanol–water partition coefficient (Wildman–Crippen LogP) is 3.75. The molecular formula is C24H26N4O2. The minimum absolute atomic E-state index is 0.0802. The highest BCUT2D eigenvalue weighted by atomic mass is 16.5. The lowest BCUT2D eigenvalue weighted by Crippen LogP contribution is -2.41. The van der Waals surface area contributed by atoms with Crippen LogP contribution in [-0.2, 0) is 17.8 Å². The van der Waals surface area contributed by atoms with E-state index in [1.165, 1.54) is 11.1 Å². The highest BCUT2D eigenvalue weighted by molar-refractivity contribution is 5.79. The summed E-state index contributed by atoms with van der Waals surface area (Å²) < 4.78 is 5.44. The summed E-state index contributed by atoms with van der Waals surface area (Å²) in [5.41, 5.74) is 3.61. The van der Waals surface area contributed by atoms with Gasteiger partial charge in [-0.3, -0.25) is 9.69 Å². The number of likely N-dealkylation sites (tertiary alicyclic amines) is 1. The number of nitrogens with zero attached hydrogens (tertiary/aromatic N) is 3. The van der Waals surface area contributed by atoms with Crippen molar-refractivity contribution in [2.75, 3.05) is 13.1 Å². The number of piperidine rings is 1. The fourth-order valence-electron chi connectivity index (χ4n) is 4.56. The van der Waals surface area contributed by atoms with Gasteiger partial charge < -0.3 is 9.84 Å². The molecule has 1 aliphatic heterocycles. The number of carbonyl (C=O) groups excluding carboxylic acids is 1. The van der Waals surface area contributed by atoms with Gasteiger partial charge in [0, 0.05) is 11.5 Å². The number of rotatable bonds is 5. The number of hydrogen-bond donors (Lipinski definition) is 1. The highest BCUT2D eigenvalue weighted by Gasteiger charge is 2.29. The van der Waals surface area contributed by atoms with Crippen LogP contribution in [0.4, 0.5) is 0 Å². The van der Waals surface area contributed by atoms with Crippen molar-refractivity contribution in [3.63, 3.8) is 0 Å². The summed E-state index contributed by atoms with van der Waals surface area (Å²) in [7, 11) is 0. The molecule has 154 valence electrons. The lowest BCUT2D eigenvalue weighted by molar-refractivity contribution is -0.127. The van der Waals surface area contributed by atoms with Gasteiger partial charge in [-0.05, 0) is 49.9 Å². The number of benzene rings is 2. The van der Waals surface area contributed by atoms with Crippen LogP contribution in [0.3, 0.4) is 0 Å². The molecule has 3 aromatic rings. The molecule has 1 aromatic heterocycles. The van der Waals surface area contributed by atoms with Crippen LogP contribution in [0, 0.1) is 5.92 Å². The van der Waals surface area contributed by atoms with Gasteiger partial charge in [-0.25, -0.2) is 0 Å². The van der Waals surface area contributed by atoms with Crippen molar-refractivity contribution < 1.29 is 9.32 Å². The molecule has 5 rings (SSSR count). The maximum absolute atomic E-state index is 12.8. The minimum atomic E-state index is 0.0802. The third kappa shape index (κ3) is 4.00. The van der Waals surface area contributed by atoms with E-state index in [0.29, 0.717) is 18.3 Å². The molecule has 1 fully saturated rings. The first-order chi connectivity index (χ1) is 14.8. The number of carbonyl (C=O) groups is 1. The fourth-order valence-corrected chi connectivity index (χ4v) is 4.56. The number of fused-ring (bicyclic) bond motifs is 1. The van der Waals surface area contributed by atoms with E-state index in [9.17, 15) is 4.79 Å². The SMILES string of the molecule is O=C(NC1CCc2ccccc21)C1CCN(Cc2nc(-c3ccccc3)no2)CC1. The maximum atomic E-state index is 12.8. The van der Waals surface area contributed by atoms with Gasteiger partial charge in [0.15, 0.2) is 0 Å². The monoisotopic (exact) mass is 402 g/mol. The summed E-state index contributed by atoms with van der Waals surface area (Å²) in [6.45, 7) is 2.36. The number of nitrogens with one attached hydrogen (secondary N) is 1. The first-order valence-electron chi connectivity index (χ1n) is 10.7. The van der Waals surface area contributed by atoms with Crippen molar-refractivity contribution in [3.8, 4) is 11.4 Å². The van der Waals surface area contributed by atoms with Crippen LogP contribution in [0.15, 0.2) is 59.1 Å². The first kappa shape index (κ1) is 19.0. The van der Waals surface area contributed by atoms with E-state index < -0.39 is 0 Å². The van der Waals surface area contributed by atoms with Crippen LogP contribution in [0.1, 0.15) is 42.3 Å². The number of amides is 1. The van der Waals surface area contributed by atoms with Crippen molar-refractivity contribution in [1.82, 2.24) is 20.4 Å². The van der Waals surface area contributed by atoms with Gasteiger partial charge in [-0.15, -0.1) is 0 Å². The Bertz CT molecular complexity index is 1010. The van der Waals surface area contributed by atoms with Gasteiger partial charge in [0.05, 0.1) is 12.6 Å². The zero-order chi connectivity index (χ0) is 20.3. The normalized spacial score (nSPS) is 19.5. The maximum Gasteiger partial charge on any atom is 0.241 e. The molecule has 2 aliphatic rings. The van der Waals surface area contributed by atoms with Gasteiger partial charge >= 0.3 is 0 Å². The average Bonchev–Trinajstić information content (AvgIpc) is 3.42. The Morgan fingerprint density at radius 2 is 1.80 bits per heavy atom.